The molecule has 144 valence electrons. The lowest BCUT2D eigenvalue weighted by Crippen LogP contribution is -2.40. The number of rotatable bonds is 5. The van der Waals surface area contributed by atoms with Crippen LogP contribution in [0.15, 0.2) is 29.1 Å². The summed E-state index contributed by atoms with van der Waals surface area (Å²) in [6, 6.07) is 7.01. The van der Waals surface area contributed by atoms with Crippen molar-refractivity contribution < 1.29 is 14.3 Å². The summed E-state index contributed by atoms with van der Waals surface area (Å²) < 4.78 is 6.47. The van der Waals surface area contributed by atoms with Crippen LogP contribution in [0, 0.1) is 0 Å². The summed E-state index contributed by atoms with van der Waals surface area (Å²) >= 11 is 0. The van der Waals surface area contributed by atoms with Gasteiger partial charge in [-0.15, -0.1) is 0 Å². The third kappa shape index (κ3) is 4.02. The number of carbonyl (C=O) groups excluding carboxylic acids is 2. The predicted octanol–water partition coefficient (Wildman–Crippen LogP) is 2.36. The van der Waals surface area contributed by atoms with Gasteiger partial charge in [0.15, 0.2) is 12.3 Å². The Morgan fingerprint density at radius 3 is 2.52 bits per heavy atom. The van der Waals surface area contributed by atoms with Crippen molar-refractivity contribution in [1.82, 2.24) is 14.7 Å². The van der Waals surface area contributed by atoms with Crippen LogP contribution in [0.4, 0.5) is 0 Å². The van der Waals surface area contributed by atoms with Gasteiger partial charge in [0.2, 0.25) is 0 Å². The van der Waals surface area contributed by atoms with E-state index in [2.05, 4.69) is 5.10 Å². The van der Waals surface area contributed by atoms with E-state index in [4.69, 9.17) is 4.74 Å². The molecular formula is C20H25N3O4. The van der Waals surface area contributed by atoms with Gasteiger partial charge in [0, 0.05) is 25.0 Å². The number of fused-ring (bicyclic) bond motifs is 1. The minimum atomic E-state index is -0.696. The van der Waals surface area contributed by atoms with Gasteiger partial charge in [0.25, 0.3) is 11.5 Å². The number of hydrogen-bond acceptors (Lipinski definition) is 5. The number of likely N-dealkylation sites (N-methyl/N-ethyl adjacent to an activating group) is 1. The van der Waals surface area contributed by atoms with Gasteiger partial charge in [-0.05, 0) is 25.8 Å². The van der Waals surface area contributed by atoms with Crippen LogP contribution in [-0.2, 0) is 16.1 Å². The second kappa shape index (κ2) is 8.33. The molecule has 27 heavy (non-hydrogen) atoms. The zero-order chi connectivity index (χ0) is 19.4. The van der Waals surface area contributed by atoms with Crippen LogP contribution < -0.4 is 5.56 Å². The first-order chi connectivity index (χ1) is 13.0. The first kappa shape index (κ1) is 19.1. The SMILES string of the molecule is CCn1nc(C(=O)OCC(=O)N(C)C2CCCCC2)c2ccccc2c1=O. The van der Waals surface area contributed by atoms with Gasteiger partial charge >= 0.3 is 5.97 Å². The summed E-state index contributed by atoms with van der Waals surface area (Å²) in [7, 11) is 1.76. The number of hydrogen-bond donors (Lipinski definition) is 0. The molecule has 1 aromatic heterocycles. The Hall–Kier alpha value is -2.70. The smallest absolute Gasteiger partial charge is 0.359 e. The fourth-order valence-electron chi connectivity index (χ4n) is 3.57. The van der Waals surface area contributed by atoms with Crippen LogP contribution >= 0.6 is 0 Å². The van der Waals surface area contributed by atoms with Crippen molar-refractivity contribution in [2.24, 2.45) is 0 Å². The molecule has 0 atom stereocenters. The fourth-order valence-corrected chi connectivity index (χ4v) is 3.57. The number of amides is 1. The average Bonchev–Trinajstić information content (AvgIpc) is 2.72. The molecule has 1 heterocycles. The van der Waals surface area contributed by atoms with Gasteiger partial charge in [0.1, 0.15) is 0 Å². The number of nitrogens with zero attached hydrogens (tertiary/aromatic N) is 3. The summed E-state index contributed by atoms with van der Waals surface area (Å²) in [5, 5.41) is 4.98. The molecule has 1 fully saturated rings. The minimum Gasteiger partial charge on any atom is -0.451 e. The Bertz CT molecular complexity index is 900. The largest absolute Gasteiger partial charge is 0.451 e. The molecule has 1 aromatic carbocycles. The molecular weight excluding hydrogens is 346 g/mol. The quantitative estimate of drug-likeness (QED) is 0.754. The number of esters is 1. The maximum Gasteiger partial charge on any atom is 0.359 e. The maximum absolute atomic E-state index is 12.6. The Kier molecular flexibility index (Phi) is 5.88. The summed E-state index contributed by atoms with van der Waals surface area (Å²) in [5.41, 5.74) is -0.196. The van der Waals surface area contributed by atoms with Crippen LogP contribution in [-0.4, -0.2) is 46.3 Å². The van der Waals surface area contributed by atoms with Crippen LogP contribution in [0.3, 0.4) is 0 Å². The molecule has 1 aliphatic rings. The highest BCUT2D eigenvalue weighted by molar-refractivity contribution is 6.02. The van der Waals surface area contributed by atoms with Crippen molar-refractivity contribution >= 4 is 22.6 Å². The lowest BCUT2D eigenvalue weighted by molar-refractivity contribution is -0.135. The summed E-state index contributed by atoms with van der Waals surface area (Å²) in [6.07, 6.45) is 5.43. The molecule has 0 spiro atoms. The molecule has 0 aliphatic heterocycles. The van der Waals surface area contributed by atoms with E-state index in [1.165, 1.54) is 11.1 Å². The molecule has 7 nitrogen and oxygen atoms in total. The lowest BCUT2D eigenvalue weighted by Gasteiger charge is -2.31. The van der Waals surface area contributed by atoms with Gasteiger partial charge in [-0.2, -0.15) is 5.10 Å². The Balaban J connectivity index is 1.75. The number of aromatic nitrogens is 2. The molecule has 0 bridgehead atoms. The highest BCUT2D eigenvalue weighted by Gasteiger charge is 2.24. The monoisotopic (exact) mass is 371 g/mol. The first-order valence-corrected chi connectivity index (χ1v) is 9.45. The van der Waals surface area contributed by atoms with Gasteiger partial charge in [-0.1, -0.05) is 37.5 Å². The number of carbonyl (C=O) groups is 2. The summed E-state index contributed by atoms with van der Waals surface area (Å²) in [5.74, 6) is -0.915. The molecule has 0 saturated heterocycles. The van der Waals surface area contributed by atoms with Gasteiger partial charge in [-0.25, -0.2) is 9.48 Å². The van der Waals surface area contributed by atoms with Crippen molar-refractivity contribution in [3.05, 3.63) is 40.3 Å². The standard InChI is InChI=1S/C20H25N3O4/c1-3-23-19(25)16-12-8-7-11-15(16)18(21-23)20(26)27-13-17(24)22(2)14-9-5-4-6-10-14/h7-8,11-12,14H,3-6,9-10,13H2,1-2H3. The molecule has 0 radical (unpaired) electrons. The molecule has 7 heteroatoms. The molecule has 0 N–H and O–H groups in total. The predicted molar refractivity (Wildman–Crippen MR) is 102 cm³/mol. The van der Waals surface area contributed by atoms with Crippen molar-refractivity contribution in [3.8, 4) is 0 Å². The Morgan fingerprint density at radius 2 is 1.85 bits per heavy atom. The lowest BCUT2D eigenvalue weighted by atomic mass is 9.94. The van der Waals surface area contributed by atoms with Crippen LogP contribution in [0.5, 0.6) is 0 Å². The van der Waals surface area contributed by atoms with Crippen molar-refractivity contribution in [2.45, 2.75) is 51.6 Å². The molecule has 0 unspecified atom stereocenters. The molecule has 1 saturated carbocycles. The minimum absolute atomic E-state index is 0.0557. The number of aryl methyl sites for hydroxylation is 1. The van der Waals surface area contributed by atoms with Crippen LogP contribution in [0.2, 0.25) is 0 Å². The Morgan fingerprint density at radius 1 is 1.19 bits per heavy atom. The van der Waals surface area contributed by atoms with Gasteiger partial charge in [0.05, 0.1) is 5.39 Å². The van der Waals surface area contributed by atoms with Crippen LogP contribution in [0.25, 0.3) is 10.8 Å². The van der Waals surface area contributed by atoms with E-state index in [9.17, 15) is 14.4 Å². The van der Waals surface area contributed by atoms with E-state index in [1.54, 1.807) is 43.1 Å². The van der Waals surface area contributed by atoms with Crippen molar-refractivity contribution in [2.75, 3.05) is 13.7 Å². The van der Waals surface area contributed by atoms with Gasteiger partial charge in [-0.3, -0.25) is 9.59 Å². The number of benzene rings is 1. The number of ether oxygens (including phenoxy) is 1. The summed E-state index contributed by atoms with van der Waals surface area (Å²) in [6.45, 7) is 1.79. The van der Waals surface area contributed by atoms with E-state index in [0.717, 1.165) is 25.7 Å². The first-order valence-electron chi connectivity index (χ1n) is 9.45. The highest BCUT2D eigenvalue weighted by Crippen LogP contribution is 2.21. The third-order valence-electron chi connectivity index (χ3n) is 5.20. The van der Waals surface area contributed by atoms with E-state index in [1.807, 2.05) is 0 Å². The highest BCUT2D eigenvalue weighted by atomic mass is 16.5. The van der Waals surface area contributed by atoms with Gasteiger partial charge < -0.3 is 9.64 Å². The fraction of sp³-hybridized carbons (Fsp3) is 0.500. The zero-order valence-corrected chi connectivity index (χ0v) is 15.8. The van der Waals surface area contributed by atoms with Crippen LogP contribution in [0.1, 0.15) is 49.5 Å². The molecule has 1 amide bonds. The third-order valence-corrected chi connectivity index (χ3v) is 5.20. The van der Waals surface area contributed by atoms with E-state index in [0.29, 0.717) is 17.3 Å². The molecule has 2 aromatic rings. The van der Waals surface area contributed by atoms with E-state index < -0.39 is 5.97 Å². The van der Waals surface area contributed by atoms with Crippen molar-refractivity contribution in [1.29, 1.82) is 0 Å². The van der Waals surface area contributed by atoms with Crippen molar-refractivity contribution in [3.63, 3.8) is 0 Å². The normalized spacial score (nSPS) is 14.9. The Labute approximate surface area is 157 Å². The molecule has 3 rings (SSSR count). The van der Waals surface area contributed by atoms with E-state index in [-0.39, 0.29) is 29.8 Å². The van der Waals surface area contributed by atoms with E-state index >= 15 is 0 Å². The topological polar surface area (TPSA) is 81.5 Å². The average molecular weight is 371 g/mol. The molecule has 1 aliphatic carbocycles. The second-order valence-electron chi connectivity index (χ2n) is 6.89. The summed E-state index contributed by atoms with van der Waals surface area (Å²) in [4.78, 5) is 39.0. The second-order valence-corrected chi connectivity index (χ2v) is 6.89. The maximum atomic E-state index is 12.6. The zero-order valence-electron chi connectivity index (χ0n) is 15.8.